The minimum atomic E-state index is -0.955. The van der Waals surface area contributed by atoms with E-state index in [0.29, 0.717) is 12.5 Å². The quantitative estimate of drug-likeness (QED) is 0.852. The van der Waals surface area contributed by atoms with Gasteiger partial charge in [-0.05, 0) is 31.4 Å². The number of aromatic nitrogens is 2. The Hall–Kier alpha value is -2.70. The number of aliphatic carboxylic acids is 1. The van der Waals surface area contributed by atoms with Crippen molar-refractivity contribution < 1.29 is 14.7 Å². The number of hydrogen-bond acceptors (Lipinski definition) is 5. The zero-order chi connectivity index (χ0) is 18.7. The van der Waals surface area contributed by atoms with Crippen LogP contribution in [0.5, 0.6) is 0 Å². The van der Waals surface area contributed by atoms with Crippen molar-refractivity contribution >= 4 is 28.5 Å². The molecule has 2 aromatic rings. The molecule has 1 fully saturated rings. The van der Waals surface area contributed by atoms with E-state index in [1.807, 2.05) is 25.3 Å². The third kappa shape index (κ3) is 4.09. The van der Waals surface area contributed by atoms with Crippen molar-refractivity contribution in [1.29, 1.82) is 0 Å². The molecule has 0 radical (unpaired) electrons. The van der Waals surface area contributed by atoms with E-state index in [1.165, 1.54) is 0 Å². The molecular formula is C19H24N4O3. The lowest BCUT2D eigenvalue weighted by Crippen LogP contribution is -2.50. The van der Waals surface area contributed by atoms with E-state index in [2.05, 4.69) is 27.1 Å². The van der Waals surface area contributed by atoms with Crippen LogP contribution in [-0.2, 0) is 9.59 Å². The number of piperidine rings is 1. The van der Waals surface area contributed by atoms with Crippen molar-refractivity contribution in [2.24, 2.45) is 5.92 Å². The Balaban J connectivity index is 1.78. The third-order valence-electron chi connectivity index (χ3n) is 4.74. The largest absolute Gasteiger partial charge is 0.481 e. The van der Waals surface area contributed by atoms with Crippen LogP contribution in [0.4, 0.5) is 5.69 Å². The highest BCUT2D eigenvalue weighted by atomic mass is 16.4. The Morgan fingerprint density at radius 2 is 2.12 bits per heavy atom. The van der Waals surface area contributed by atoms with E-state index in [9.17, 15) is 9.59 Å². The van der Waals surface area contributed by atoms with Gasteiger partial charge in [0.1, 0.15) is 0 Å². The summed E-state index contributed by atoms with van der Waals surface area (Å²) in [5.41, 5.74) is 2.81. The summed E-state index contributed by atoms with van der Waals surface area (Å²) >= 11 is 0. The summed E-state index contributed by atoms with van der Waals surface area (Å²) in [5.74, 6) is -0.759. The van der Waals surface area contributed by atoms with Gasteiger partial charge >= 0.3 is 5.97 Å². The molecule has 3 rings (SSSR count). The maximum Gasteiger partial charge on any atom is 0.303 e. The fourth-order valence-corrected chi connectivity index (χ4v) is 3.61. The van der Waals surface area contributed by atoms with Crippen molar-refractivity contribution in [2.75, 3.05) is 18.0 Å². The first kappa shape index (κ1) is 18.1. The number of amides is 1. The Morgan fingerprint density at radius 1 is 1.31 bits per heavy atom. The van der Waals surface area contributed by atoms with Crippen molar-refractivity contribution in [2.45, 2.75) is 39.2 Å². The number of anilines is 1. The molecule has 1 aliphatic heterocycles. The summed E-state index contributed by atoms with van der Waals surface area (Å²) < 4.78 is 0. The first-order valence-electron chi connectivity index (χ1n) is 8.90. The smallest absolute Gasteiger partial charge is 0.303 e. The van der Waals surface area contributed by atoms with Crippen LogP contribution < -0.4 is 10.2 Å². The van der Waals surface area contributed by atoms with Gasteiger partial charge in [0.15, 0.2) is 0 Å². The van der Waals surface area contributed by atoms with E-state index in [1.54, 1.807) is 6.20 Å². The number of rotatable bonds is 5. The van der Waals surface area contributed by atoms with Gasteiger partial charge in [-0.3, -0.25) is 19.6 Å². The van der Waals surface area contributed by atoms with Crippen LogP contribution in [0.25, 0.3) is 10.9 Å². The first-order chi connectivity index (χ1) is 12.4. The molecule has 0 saturated carbocycles. The van der Waals surface area contributed by atoms with Crippen LogP contribution in [0.1, 0.15) is 31.9 Å². The van der Waals surface area contributed by atoms with Crippen molar-refractivity contribution in [3.05, 3.63) is 30.2 Å². The highest BCUT2D eigenvalue weighted by Gasteiger charge is 2.27. The standard InChI is InChI=1S/C19H24N4O3/c1-12-8-14(22-17(24)5-6-18(25)26)11-23(10-12)16-9-21-13(2)19-15(16)4-3-7-20-19/h3-4,7,9,12,14H,5-6,8,10-11H2,1-2H3,(H,22,24)(H,25,26). The molecule has 2 aromatic heterocycles. The molecule has 1 amide bonds. The number of hydrogen-bond donors (Lipinski definition) is 2. The maximum atomic E-state index is 12.0. The van der Waals surface area contributed by atoms with E-state index in [4.69, 9.17) is 5.11 Å². The summed E-state index contributed by atoms with van der Waals surface area (Å²) in [6.45, 7) is 5.67. The molecule has 0 aromatic carbocycles. The number of carbonyl (C=O) groups is 2. The van der Waals surface area contributed by atoms with Crippen molar-refractivity contribution in [3.63, 3.8) is 0 Å². The van der Waals surface area contributed by atoms with Crippen LogP contribution in [0.15, 0.2) is 24.5 Å². The number of nitrogens with zero attached hydrogens (tertiary/aromatic N) is 3. The molecule has 7 heteroatoms. The average Bonchev–Trinajstić information content (AvgIpc) is 2.60. The SMILES string of the molecule is Cc1ncc(N2CC(C)CC(NC(=O)CCC(=O)O)C2)c2cccnc12. The fourth-order valence-electron chi connectivity index (χ4n) is 3.61. The monoisotopic (exact) mass is 356 g/mol. The summed E-state index contributed by atoms with van der Waals surface area (Å²) in [6, 6.07) is 3.96. The lowest BCUT2D eigenvalue weighted by Gasteiger charge is -2.38. The topological polar surface area (TPSA) is 95.4 Å². The number of carboxylic acid groups (broad SMARTS) is 1. The van der Waals surface area contributed by atoms with Crippen LogP contribution in [0.3, 0.4) is 0 Å². The van der Waals surface area contributed by atoms with Crippen LogP contribution in [0.2, 0.25) is 0 Å². The number of aryl methyl sites for hydroxylation is 1. The molecule has 0 bridgehead atoms. The minimum Gasteiger partial charge on any atom is -0.481 e. The zero-order valence-electron chi connectivity index (χ0n) is 15.1. The summed E-state index contributed by atoms with van der Waals surface area (Å²) in [7, 11) is 0. The molecule has 0 spiro atoms. The second kappa shape index (κ2) is 7.68. The number of pyridine rings is 2. The van der Waals surface area contributed by atoms with Gasteiger partial charge < -0.3 is 15.3 Å². The minimum absolute atomic E-state index is 0.00642. The lowest BCUT2D eigenvalue weighted by atomic mass is 9.95. The van der Waals surface area contributed by atoms with Gasteiger partial charge in [-0.15, -0.1) is 0 Å². The summed E-state index contributed by atoms with van der Waals surface area (Å²) in [5, 5.41) is 12.8. The van der Waals surface area contributed by atoms with Gasteiger partial charge in [-0.1, -0.05) is 6.92 Å². The molecule has 2 N–H and O–H groups in total. The predicted octanol–water partition coefficient (Wildman–Crippen LogP) is 2.13. The van der Waals surface area contributed by atoms with Crippen molar-refractivity contribution in [1.82, 2.24) is 15.3 Å². The Kier molecular flexibility index (Phi) is 5.35. The van der Waals surface area contributed by atoms with E-state index >= 15 is 0 Å². The summed E-state index contributed by atoms with van der Waals surface area (Å²) in [6.07, 6.45) is 4.39. The molecule has 1 aliphatic rings. The molecule has 7 nitrogen and oxygen atoms in total. The maximum absolute atomic E-state index is 12.0. The van der Waals surface area contributed by atoms with Gasteiger partial charge in [-0.2, -0.15) is 0 Å². The molecule has 3 heterocycles. The van der Waals surface area contributed by atoms with Gasteiger partial charge in [0.25, 0.3) is 0 Å². The Labute approximate surface area is 152 Å². The van der Waals surface area contributed by atoms with Crippen LogP contribution in [-0.4, -0.2) is 46.1 Å². The average molecular weight is 356 g/mol. The van der Waals surface area contributed by atoms with Crippen LogP contribution in [0, 0.1) is 12.8 Å². The van der Waals surface area contributed by atoms with Crippen molar-refractivity contribution in [3.8, 4) is 0 Å². The predicted molar refractivity (Wildman–Crippen MR) is 99.1 cm³/mol. The van der Waals surface area contributed by atoms with E-state index in [0.717, 1.165) is 35.2 Å². The third-order valence-corrected chi connectivity index (χ3v) is 4.74. The lowest BCUT2D eigenvalue weighted by molar-refractivity contribution is -0.138. The number of carboxylic acids is 1. The normalized spacial score (nSPS) is 20.2. The Bertz CT molecular complexity index is 824. The fraction of sp³-hybridized carbons (Fsp3) is 0.474. The zero-order valence-corrected chi connectivity index (χ0v) is 15.1. The number of nitrogens with one attached hydrogen (secondary N) is 1. The van der Waals surface area contributed by atoms with Gasteiger partial charge in [0, 0.05) is 37.1 Å². The molecule has 2 atom stereocenters. The molecular weight excluding hydrogens is 332 g/mol. The Morgan fingerprint density at radius 3 is 2.88 bits per heavy atom. The highest BCUT2D eigenvalue weighted by Crippen LogP contribution is 2.30. The van der Waals surface area contributed by atoms with E-state index < -0.39 is 5.97 Å². The number of fused-ring (bicyclic) bond motifs is 1. The molecule has 2 unspecified atom stereocenters. The van der Waals surface area contributed by atoms with Gasteiger partial charge in [0.05, 0.1) is 29.5 Å². The second-order valence-electron chi connectivity index (χ2n) is 7.03. The molecule has 138 valence electrons. The van der Waals surface area contributed by atoms with Gasteiger partial charge in [-0.25, -0.2) is 0 Å². The molecule has 26 heavy (non-hydrogen) atoms. The van der Waals surface area contributed by atoms with Gasteiger partial charge in [0.2, 0.25) is 5.91 Å². The van der Waals surface area contributed by atoms with Crippen LogP contribution >= 0.6 is 0 Å². The second-order valence-corrected chi connectivity index (χ2v) is 7.03. The molecule has 0 aliphatic carbocycles. The van der Waals surface area contributed by atoms with E-state index in [-0.39, 0.29) is 24.8 Å². The summed E-state index contributed by atoms with van der Waals surface area (Å²) in [4.78, 5) is 33.8. The first-order valence-corrected chi connectivity index (χ1v) is 8.90. The highest BCUT2D eigenvalue weighted by molar-refractivity contribution is 5.92. The number of carbonyl (C=O) groups excluding carboxylic acids is 1. The molecule has 1 saturated heterocycles.